The number of amides is 2. The number of ether oxygens (including phenoxy) is 1. The van der Waals surface area contributed by atoms with Crippen LogP contribution in [-0.4, -0.2) is 30.6 Å². The molecule has 1 aromatic carbocycles. The Morgan fingerprint density at radius 1 is 1.12 bits per heavy atom. The smallest absolute Gasteiger partial charge is 0.253 e. The summed E-state index contributed by atoms with van der Waals surface area (Å²) in [5, 5.41) is 6.03. The third-order valence-corrected chi connectivity index (χ3v) is 5.64. The van der Waals surface area contributed by atoms with Crippen LogP contribution in [0.3, 0.4) is 0 Å². The molecule has 0 unspecified atom stereocenters. The summed E-state index contributed by atoms with van der Waals surface area (Å²) in [5.41, 5.74) is 1.22. The summed E-state index contributed by atoms with van der Waals surface area (Å²) in [5.74, 6) is 0.917. The van der Waals surface area contributed by atoms with Crippen LogP contribution < -0.4 is 10.6 Å². The molecule has 0 radical (unpaired) electrons. The molecule has 3 rings (SSSR count). The second-order valence-electron chi connectivity index (χ2n) is 7.42. The lowest BCUT2D eigenvalue weighted by molar-refractivity contribution is -0.124. The van der Waals surface area contributed by atoms with Gasteiger partial charge in [-0.05, 0) is 49.3 Å². The van der Waals surface area contributed by atoms with Crippen molar-refractivity contribution in [3.05, 3.63) is 29.8 Å². The van der Waals surface area contributed by atoms with E-state index in [4.69, 9.17) is 4.74 Å². The zero-order chi connectivity index (χ0) is 17.8. The molecule has 25 heavy (non-hydrogen) atoms. The average molecular weight is 344 g/mol. The Labute approximate surface area is 149 Å². The topological polar surface area (TPSA) is 67.4 Å². The van der Waals surface area contributed by atoms with Gasteiger partial charge in [-0.2, -0.15) is 0 Å². The van der Waals surface area contributed by atoms with E-state index in [1.165, 1.54) is 6.42 Å². The number of hydrogen-bond donors (Lipinski definition) is 2. The monoisotopic (exact) mass is 344 g/mol. The van der Waals surface area contributed by atoms with Gasteiger partial charge in [-0.15, -0.1) is 0 Å². The molecule has 0 aromatic heterocycles. The maximum Gasteiger partial charge on any atom is 0.253 e. The van der Waals surface area contributed by atoms with Gasteiger partial charge in [0.05, 0.1) is 0 Å². The summed E-state index contributed by atoms with van der Waals surface area (Å²) in [7, 11) is 0. The van der Waals surface area contributed by atoms with Crippen molar-refractivity contribution in [1.29, 1.82) is 0 Å². The first-order valence-corrected chi connectivity index (χ1v) is 9.38. The highest BCUT2D eigenvalue weighted by Gasteiger charge is 2.28. The van der Waals surface area contributed by atoms with Crippen LogP contribution in [0, 0.1) is 11.8 Å². The molecular formula is C20H28N2O3. The Kier molecular flexibility index (Phi) is 5.74. The maximum absolute atomic E-state index is 12.6. The van der Waals surface area contributed by atoms with Gasteiger partial charge in [-0.3, -0.25) is 9.59 Å². The van der Waals surface area contributed by atoms with Crippen LogP contribution in [0.25, 0.3) is 0 Å². The van der Waals surface area contributed by atoms with Crippen LogP contribution in [-0.2, 0) is 9.53 Å². The van der Waals surface area contributed by atoms with E-state index in [1.807, 2.05) is 0 Å². The number of hydrogen-bond acceptors (Lipinski definition) is 3. The zero-order valence-corrected chi connectivity index (χ0v) is 15.1. The molecule has 4 atom stereocenters. The molecule has 1 aliphatic carbocycles. The lowest BCUT2D eigenvalue weighted by Crippen LogP contribution is -2.43. The molecule has 1 saturated heterocycles. The van der Waals surface area contributed by atoms with Crippen molar-refractivity contribution in [2.75, 3.05) is 11.9 Å². The molecule has 0 bridgehead atoms. The largest absolute Gasteiger partial charge is 0.368 e. The van der Waals surface area contributed by atoms with Gasteiger partial charge in [0.1, 0.15) is 6.10 Å². The minimum Gasteiger partial charge on any atom is -0.368 e. The molecule has 2 N–H and O–H groups in total. The Hall–Kier alpha value is -1.88. The van der Waals surface area contributed by atoms with Gasteiger partial charge in [0.15, 0.2) is 0 Å². The van der Waals surface area contributed by atoms with Gasteiger partial charge in [-0.25, -0.2) is 0 Å². The van der Waals surface area contributed by atoms with E-state index < -0.39 is 0 Å². The van der Waals surface area contributed by atoms with Gasteiger partial charge < -0.3 is 15.4 Å². The fourth-order valence-electron chi connectivity index (χ4n) is 3.78. The summed E-state index contributed by atoms with van der Waals surface area (Å²) in [6, 6.07) is 7.34. The van der Waals surface area contributed by atoms with E-state index in [2.05, 4.69) is 24.5 Å². The fourth-order valence-corrected chi connectivity index (χ4v) is 3.78. The number of benzene rings is 1. The Morgan fingerprint density at radius 2 is 1.96 bits per heavy atom. The first kappa shape index (κ1) is 17.9. The van der Waals surface area contributed by atoms with Gasteiger partial charge in [0.2, 0.25) is 0 Å². The minimum atomic E-state index is -0.373. The normalized spacial score (nSPS) is 29.2. The lowest BCUT2D eigenvalue weighted by atomic mass is 9.78. The van der Waals surface area contributed by atoms with Crippen molar-refractivity contribution in [2.45, 2.75) is 58.1 Å². The standard InChI is InChI=1S/C20H28N2O3/c1-13-6-3-9-17(14(13)2)22-19(23)15-7-4-8-16(12-15)21-20(24)18-10-5-11-25-18/h4,7-8,12-14,17-18H,3,5-6,9-11H2,1-2H3,(H,21,24)(H,22,23)/t13-,14+,17+,18+/m1/s1. The van der Waals surface area contributed by atoms with Gasteiger partial charge in [0.25, 0.3) is 11.8 Å². The summed E-state index contributed by atoms with van der Waals surface area (Å²) in [6.07, 6.45) is 4.73. The molecule has 2 aliphatic rings. The highest BCUT2D eigenvalue weighted by atomic mass is 16.5. The molecule has 2 amide bonds. The van der Waals surface area contributed by atoms with Crippen LogP contribution in [0.4, 0.5) is 5.69 Å². The van der Waals surface area contributed by atoms with Crippen molar-refractivity contribution < 1.29 is 14.3 Å². The fraction of sp³-hybridized carbons (Fsp3) is 0.600. The number of rotatable bonds is 4. The number of nitrogens with one attached hydrogen (secondary N) is 2. The molecule has 1 saturated carbocycles. The van der Waals surface area contributed by atoms with E-state index in [9.17, 15) is 9.59 Å². The Balaban J connectivity index is 1.62. The first-order chi connectivity index (χ1) is 12.0. The van der Waals surface area contributed by atoms with Crippen molar-refractivity contribution in [3.8, 4) is 0 Å². The SMILES string of the molecule is C[C@H]1[C@H](C)CCC[C@@H]1NC(=O)c1cccc(NC(=O)[C@@H]2CCCO2)c1. The summed E-state index contributed by atoms with van der Waals surface area (Å²) >= 11 is 0. The zero-order valence-electron chi connectivity index (χ0n) is 15.1. The molecule has 5 heteroatoms. The molecule has 1 aliphatic heterocycles. The van der Waals surface area contributed by atoms with E-state index in [0.717, 1.165) is 25.7 Å². The first-order valence-electron chi connectivity index (χ1n) is 9.38. The predicted octanol–water partition coefficient (Wildman–Crippen LogP) is 3.36. The maximum atomic E-state index is 12.6. The third-order valence-electron chi connectivity index (χ3n) is 5.64. The van der Waals surface area contributed by atoms with E-state index in [1.54, 1.807) is 24.3 Å². The van der Waals surface area contributed by atoms with Crippen molar-refractivity contribution in [3.63, 3.8) is 0 Å². The van der Waals surface area contributed by atoms with E-state index >= 15 is 0 Å². The molecule has 1 heterocycles. The van der Waals surface area contributed by atoms with Crippen LogP contribution >= 0.6 is 0 Å². The second-order valence-corrected chi connectivity index (χ2v) is 7.42. The van der Waals surface area contributed by atoms with Crippen LogP contribution in [0.2, 0.25) is 0 Å². The third kappa shape index (κ3) is 4.40. The molecule has 136 valence electrons. The lowest BCUT2D eigenvalue weighted by Gasteiger charge is -2.34. The Morgan fingerprint density at radius 3 is 2.72 bits per heavy atom. The van der Waals surface area contributed by atoms with E-state index in [-0.39, 0.29) is 24.0 Å². The van der Waals surface area contributed by atoms with Crippen LogP contribution in [0.5, 0.6) is 0 Å². The highest BCUT2D eigenvalue weighted by molar-refractivity contribution is 5.98. The van der Waals surface area contributed by atoms with Crippen molar-refractivity contribution >= 4 is 17.5 Å². The summed E-state index contributed by atoms with van der Waals surface area (Å²) in [4.78, 5) is 24.8. The second kappa shape index (κ2) is 8.00. The van der Waals surface area contributed by atoms with Gasteiger partial charge >= 0.3 is 0 Å². The predicted molar refractivity (Wildman–Crippen MR) is 97.5 cm³/mol. The summed E-state index contributed by atoms with van der Waals surface area (Å²) in [6.45, 7) is 5.11. The molecule has 5 nitrogen and oxygen atoms in total. The van der Waals surface area contributed by atoms with Crippen LogP contribution in [0.1, 0.15) is 56.3 Å². The Bertz CT molecular complexity index is 625. The number of carbonyl (C=O) groups is 2. The average Bonchev–Trinajstić information content (AvgIpc) is 3.14. The van der Waals surface area contributed by atoms with Gasteiger partial charge in [-0.1, -0.05) is 32.8 Å². The number of carbonyl (C=O) groups excluding carboxylic acids is 2. The quantitative estimate of drug-likeness (QED) is 0.880. The summed E-state index contributed by atoms with van der Waals surface area (Å²) < 4.78 is 5.40. The molecule has 0 spiro atoms. The number of anilines is 1. The molecule has 1 aromatic rings. The van der Waals surface area contributed by atoms with Gasteiger partial charge in [0, 0.05) is 23.9 Å². The van der Waals surface area contributed by atoms with Crippen molar-refractivity contribution in [2.24, 2.45) is 11.8 Å². The molecule has 2 fully saturated rings. The van der Waals surface area contributed by atoms with Crippen LogP contribution in [0.15, 0.2) is 24.3 Å². The highest BCUT2D eigenvalue weighted by Crippen LogP contribution is 2.29. The van der Waals surface area contributed by atoms with Crippen molar-refractivity contribution in [1.82, 2.24) is 5.32 Å². The van der Waals surface area contributed by atoms with E-state index in [0.29, 0.717) is 29.7 Å². The minimum absolute atomic E-state index is 0.0702. The molecular weight excluding hydrogens is 316 g/mol.